The predicted molar refractivity (Wildman–Crippen MR) is 193 cm³/mol. The maximum Gasteiger partial charge on any atom is 0.0351 e. The van der Waals surface area contributed by atoms with Gasteiger partial charge in [0.05, 0.1) is 0 Å². The SMILES string of the molecule is Cc1ccc(-c2cc3c(c4ccccc24)-c2cc4c(cc2C3(C)C)-c2c(cc(-c3ccc(C)s3)c3ccccc23)C4(C)C)s1. The van der Waals surface area contributed by atoms with E-state index < -0.39 is 0 Å². The fourth-order valence-corrected chi connectivity index (χ4v) is 10.0. The second-order valence-corrected chi connectivity index (χ2v) is 16.4. The molecule has 0 bridgehead atoms. The van der Waals surface area contributed by atoms with Crippen LogP contribution in [0, 0.1) is 13.8 Å². The smallest absolute Gasteiger partial charge is 0.0351 e. The molecule has 2 heteroatoms. The zero-order chi connectivity index (χ0) is 30.1. The van der Waals surface area contributed by atoms with Gasteiger partial charge in [-0.2, -0.15) is 0 Å². The van der Waals surface area contributed by atoms with E-state index in [-0.39, 0.29) is 10.8 Å². The van der Waals surface area contributed by atoms with Gasteiger partial charge in [0.25, 0.3) is 0 Å². The van der Waals surface area contributed by atoms with Crippen LogP contribution in [0.3, 0.4) is 0 Å². The van der Waals surface area contributed by atoms with Gasteiger partial charge in [-0.3, -0.25) is 0 Å². The van der Waals surface area contributed by atoms with E-state index in [2.05, 4.69) is 139 Å². The summed E-state index contributed by atoms with van der Waals surface area (Å²) in [5.41, 5.74) is 14.0. The zero-order valence-corrected chi connectivity index (χ0v) is 27.7. The third-order valence-electron chi connectivity index (χ3n) is 10.5. The molecule has 0 nitrogen and oxygen atoms in total. The molecule has 0 saturated carbocycles. The summed E-state index contributed by atoms with van der Waals surface area (Å²) in [6.07, 6.45) is 0. The zero-order valence-electron chi connectivity index (χ0n) is 26.1. The molecule has 2 aliphatic rings. The standard InChI is InChI=1S/C42H34S2/c1-23-15-17-37(43-23)29-19-35-39(27-13-9-7-11-25(27)29)31-21-34-32(22-33(31)41(35,3)4)40-28-14-10-8-12-26(28)30(20-36(40)42(34,5)6)38-18-16-24(2)44-38/h7-22H,1-6H3. The molecule has 0 radical (unpaired) electrons. The maximum atomic E-state index is 2.57. The van der Waals surface area contributed by atoms with E-state index >= 15 is 0 Å². The second kappa shape index (κ2) is 8.81. The summed E-state index contributed by atoms with van der Waals surface area (Å²) in [5.74, 6) is 0. The van der Waals surface area contributed by atoms with Crippen molar-refractivity contribution in [3.8, 4) is 43.1 Å². The molecule has 5 aromatic carbocycles. The summed E-state index contributed by atoms with van der Waals surface area (Å²) in [7, 11) is 0. The molecule has 2 aromatic heterocycles. The van der Waals surface area contributed by atoms with Crippen LogP contribution in [-0.4, -0.2) is 0 Å². The summed E-state index contributed by atoms with van der Waals surface area (Å²) < 4.78 is 0. The molecular formula is C42H34S2. The first-order valence-electron chi connectivity index (χ1n) is 15.6. The van der Waals surface area contributed by atoms with Gasteiger partial charge in [0, 0.05) is 30.3 Å². The third-order valence-corrected chi connectivity index (χ3v) is 12.6. The fourth-order valence-electron chi connectivity index (χ4n) is 8.22. The second-order valence-electron chi connectivity index (χ2n) is 13.8. The molecule has 7 aromatic rings. The van der Waals surface area contributed by atoms with Gasteiger partial charge in [0.2, 0.25) is 0 Å². The maximum absolute atomic E-state index is 2.57. The van der Waals surface area contributed by atoms with Gasteiger partial charge in [-0.25, -0.2) is 0 Å². The van der Waals surface area contributed by atoms with Crippen molar-refractivity contribution >= 4 is 44.2 Å². The highest BCUT2D eigenvalue weighted by Crippen LogP contribution is 2.60. The summed E-state index contributed by atoms with van der Waals surface area (Å²) in [5, 5.41) is 5.43. The van der Waals surface area contributed by atoms with Crippen molar-refractivity contribution < 1.29 is 0 Å². The molecule has 0 amide bonds. The van der Waals surface area contributed by atoms with Crippen molar-refractivity contribution in [3.63, 3.8) is 0 Å². The Morgan fingerprint density at radius 1 is 0.409 bits per heavy atom. The minimum Gasteiger partial charge on any atom is -0.141 e. The van der Waals surface area contributed by atoms with Crippen LogP contribution >= 0.6 is 22.7 Å². The molecule has 0 spiro atoms. The van der Waals surface area contributed by atoms with Gasteiger partial charge >= 0.3 is 0 Å². The topological polar surface area (TPSA) is 0 Å². The molecule has 0 aliphatic heterocycles. The average molecular weight is 603 g/mol. The van der Waals surface area contributed by atoms with Crippen LogP contribution in [0.15, 0.2) is 97.1 Å². The molecule has 9 rings (SSSR count). The number of rotatable bonds is 2. The molecule has 214 valence electrons. The van der Waals surface area contributed by atoms with Gasteiger partial charge in [0.1, 0.15) is 0 Å². The lowest BCUT2D eigenvalue weighted by molar-refractivity contribution is 0.652. The Morgan fingerprint density at radius 3 is 1.14 bits per heavy atom. The van der Waals surface area contributed by atoms with Crippen LogP contribution in [0.2, 0.25) is 0 Å². The fraction of sp³-hybridized carbons (Fsp3) is 0.190. The Morgan fingerprint density at radius 2 is 0.773 bits per heavy atom. The Labute approximate surface area is 267 Å². The molecule has 2 aliphatic carbocycles. The Hall–Kier alpha value is -3.98. The number of hydrogen-bond donors (Lipinski definition) is 0. The molecule has 0 saturated heterocycles. The van der Waals surface area contributed by atoms with Crippen LogP contribution in [0.1, 0.15) is 59.7 Å². The largest absolute Gasteiger partial charge is 0.141 e. The van der Waals surface area contributed by atoms with Crippen LogP contribution in [-0.2, 0) is 10.8 Å². The average Bonchev–Trinajstić information content (AvgIpc) is 3.75. The summed E-state index contributed by atoms with van der Waals surface area (Å²) in [6, 6.07) is 37.4. The Bertz CT molecular complexity index is 2190. The van der Waals surface area contributed by atoms with Crippen LogP contribution in [0.4, 0.5) is 0 Å². The van der Waals surface area contributed by atoms with E-state index in [1.165, 1.54) is 96.7 Å². The van der Waals surface area contributed by atoms with Gasteiger partial charge in [-0.15, -0.1) is 22.7 Å². The molecule has 0 fully saturated rings. The van der Waals surface area contributed by atoms with Crippen molar-refractivity contribution in [1.82, 2.24) is 0 Å². The number of benzene rings is 5. The lowest BCUT2D eigenvalue weighted by Crippen LogP contribution is -2.17. The van der Waals surface area contributed by atoms with E-state index in [0.29, 0.717) is 0 Å². The third kappa shape index (κ3) is 3.39. The molecule has 0 N–H and O–H groups in total. The lowest BCUT2D eigenvalue weighted by atomic mass is 9.79. The first-order chi connectivity index (χ1) is 21.1. The lowest BCUT2D eigenvalue weighted by Gasteiger charge is -2.24. The van der Waals surface area contributed by atoms with Crippen LogP contribution in [0.25, 0.3) is 64.7 Å². The Balaban J connectivity index is 1.34. The quantitative estimate of drug-likeness (QED) is 0.185. The van der Waals surface area contributed by atoms with Gasteiger partial charge in [-0.1, -0.05) is 76.2 Å². The first kappa shape index (κ1) is 26.4. The number of hydrogen-bond acceptors (Lipinski definition) is 2. The summed E-state index contributed by atoms with van der Waals surface area (Å²) in [4.78, 5) is 5.42. The predicted octanol–water partition coefficient (Wildman–Crippen LogP) is 12.7. The van der Waals surface area contributed by atoms with Crippen molar-refractivity contribution in [2.75, 3.05) is 0 Å². The minimum absolute atomic E-state index is 0.109. The van der Waals surface area contributed by atoms with E-state index in [1.54, 1.807) is 0 Å². The van der Waals surface area contributed by atoms with Gasteiger partial charge in [-0.05, 0) is 140 Å². The van der Waals surface area contributed by atoms with E-state index in [1.807, 2.05) is 22.7 Å². The normalized spacial score (nSPS) is 15.4. The highest BCUT2D eigenvalue weighted by Gasteiger charge is 2.43. The van der Waals surface area contributed by atoms with Crippen LogP contribution < -0.4 is 0 Å². The van der Waals surface area contributed by atoms with E-state index in [9.17, 15) is 0 Å². The molecule has 0 unspecified atom stereocenters. The van der Waals surface area contributed by atoms with Crippen molar-refractivity contribution in [2.45, 2.75) is 52.4 Å². The molecular weight excluding hydrogens is 569 g/mol. The van der Waals surface area contributed by atoms with E-state index in [4.69, 9.17) is 0 Å². The highest BCUT2D eigenvalue weighted by molar-refractivity contribution is 7.15. The molecule has 44 heavy (non-hydrogen) atoms. The number of fused-ring (bicyclic) bond motifs is 10. The van der Waals surface area contributed by atoms with Crippen molar-refractivity contribution in [2.24, 2.45) is 0 Å². The Kier molecular flexibility index (Phi) is 5.29. The molecule has 2 heterocycles. The highest BCUT2D eigenvalue weighted by atomic mass is 32.1. The first-order valence-corrected chi connectivity index (χ1v) is 17.2. The van der Waals surface area contributed by atoms with Crippen molar-refractivity contribution in [3.05, 3.63) is 129 Å². The monoisotopic (exact) mass is 602 g/mol. The van der Waals surface area contributed by atoms with Gasteiger partial charge in [0.15, 0.2) is 0 Å². The summed E-state index contributed by atoms with van der Waals surface area (Å²) >= 11 is 3.79. The number of thiophene rings is 2. The van der Waals surface area contributed by atoms with Gasteiger partial charge < -0.3 is 0 Å². The van der Waals surface area contributed by atoms with Crippen molar-refractivity contribution in [1.29, 1.82) is 0 Å². The molecule has 0 atom stereocenters. The minimum atomic E-state index is -0.109. The van der Waals surface area contributed by atoms with E-state index in [0.717, 1.165) is 0 Å². The van der Waals surface area contributed by atoms with Crippen LogP contribution in [0.5, 0.6) is 0 Å². The number of aryl methyl sites for hydroxylation is 2. The summed E-state index contributed by atoms with van der Waals surface area (Å²) in [6.45, 7) is 14.2.